The van der Waals surface area contributed by atoms with Crippen LogP contribution < -0.4 is 5.56 Å². The Morgan fingerprint density at radius 1 is 0.974 bits per heavy atom. The van der Waals surface area contributed by atoms with Gasteiger partial charge in [0.05, 0.1) is 18.7 Å². The van der Waals surface area contributed by atoms with E-state index in [0.717, 1.165) is 10.9 Å². The molecule has 4 aromatic rings. The van der Waals surface area contributed by atoms with Crippen molar-refractivity contribution in [2.45, 2.75) is 70.5 Å². The molecule has 5 nitrogen and oxygen atoms in total. The zero-order valence-electron chi connectivity index (χ0n) is 21.2. The predicted molar refractivity (Wildman–Crippen MR) is 137 cm³/mol. The van der Waals surface area contributed by atoms with Crippen LogP contribution in [0.2, 0.25) is 0 Å². The van der Waals surface area contributed by atoms with Crippen molar-refractivity contribution in [2.75, 3.05) is 0 Å². The fourth-order valence-corrected chi connectivity index (χ4v) is 5.66. The summed E-state index contributed by atoms with van der Waals surface area (Å²) in [4.78, 5) is 26.4. The smallest absolute Gasteiger partial charge is 0.286 e. The Labute approximate surface area is 217 Å². The number of aromatic nitrogens is 4. The van der Waals surface area contributed by atoms with Crippen LogP contribution in [0.1, 0.15) is 71.2 Å². The lowest BCUT2D eigenvalue weighted by Gasteiger charge is -2.30. The molecular formula is C29H28F4N4O. The third-order valence-electron chi connectivity index (χ3n) is 7.52. The van der Waals surface area contributed by atoms with Gasteiger partial charge in [-0.2, -0.15) is 17.6 Å². The summed E-state index contributed by atoms with van der Waals surface area (Å²) in [5.41, 5.74) is 3.21. The molecule has 0 atom stereocenters. The average molecular weight is 525 g/mol. The van der Waals surface area contributed by atoms with E-state index >= 15 is 0 Å². The number of halogens is 4. The van der Waals surface area contributed by atoms with E-state index < -0.39 is 18.5 Å². The monoisotopic (exact) mass is 524 g/mol. The lowest BCUT2D eigenvalue weighted by Crippen LogP contribution is -2.29. The van der Waals surface area contributed by atoms with E-state index in [9.17, 15) is 22.4 Å². The molecule has 0 unspecified atom stereocenters. The van der Waals surface area contributed by atoms with Gasteiger partial charge in [-0.25, -0.2) is 9.97 Å². The molecule has 1 saturated carbocycles. The van der Waals surface area contributed by atoms with Gasteiger partial charge in [0.15, 0.2) is 0 Å². The highest BCUT2D eigenvalue weighted by molar-refractivity contribution is 5.76. The summed E-state index contributed by atoms with van der Waals surface area (Å²) in [6, 6.07) is 10.3. The van der Waals surface area contributed by atoms with Crippen molar-refractivity contribution in [3.8, 4) is 0 Å². The number of aryl methyl sites for hydroxylation is 2. The summed E-state index contributed by atoms with van der Waals surface area (Å²) < 4.78 is 55.6. The maximum absolute atomic E-state index is 14.5. The van der Waals surface area contributed by atoms with Crippen LogP contribution in [-0.2, 0) is 13.0 Å². The van der Waals surface area contributed by atoms with Gasteiger partial charge < -0.3 is 0 Å². The molecule has 0 bridgehead atoms. The molecule has 1 fully saturated rings. The third-order valence-corrected chi connectivity index (χ3v) is 7.52. The van der Waals surface area contributed by atoms with Crippen molar-refractivity contribution in [3.05, 3.63) is 98.7 Å². The zero-order chi connectivity index (χ0) is 27.0. The predicted octanol–water partition coefficient (Wildman–Crippen LogP) is 6.54. The van der Waals surface area contributed by atoms with Crippen LogP contribution in [0.5, 0.6) is 0 Å². The van der Waals surface area contributed by atoms with Gasteiger partial charge in [0.2, 0.25) is 5.95 Å². The molecule has 0 saturated heterocycles. The van der Waals surface area contributed by atoms with Gasteiger partial charge in [0.1, 0.15) is 5.65 Å². The van der Waals surface area contributed by atoms with Crippen molar-refractivity contribution in [1.82, 2.24) is 19.5 Å². The first-order chi connectivity index (χ1) is 18.1. The minimum Gasteiger partial charge on any atom is -0.286 e. The van der Waals surface area contributed by atoms with Crippen LogP contribution in [0.25, 0.3) is 11.0 Å². The van der Waals surface area contributed by atoms with E-state index in [1.54, 1.807) is 6.92 Å². The molecule has 5 rings (SSSR count). The van der Waals surface area contributed by atoms with E-state index in [-0.39, 0.29) is 35.2 Å². The molecule has 1 aliphatic rings. The van der Waals surface area contributed by atoms with Gasteiger partial charge >= 0.3 is 6.18 Å². The standard InChI is InChI=1S/C29H28F4N4O/c1-17-11-13-35-26(30)25(17)20-9-7-19(8-10-20)23-14-21-6-5-18(2)36-27(21)37(28(23)38)16-24-22(4-3-12-34-24)15-29(31,32)33/h3-6,11-14,19-20H,7-10,15-16H2,1-2H3/t19-,20-. The molecule has 0 N–H and O–H groups in total. The van der Waals surface area contributed by atoms with E-state index in [0.29, 0.717) is 48.2 Å². The first kappa shape index (κ1) is 26.0. The minimum absolute atomic E-state index is 0.0328. The maximum Gasteiger partial charge on any atom is 0.393 e. The van der Waals surface area contributed by atoms with E-state index in [1.165, 1.54) is 29.1 Å². The van der Waals surface area contributed by atoms with Crippen molar-refractivity contribution in [3.63, 3.8) is 0 Å². The molecule has 0 aliphatic heterocycles. The summed E-state index contributed by atoms with van der Waals surface area (Å²) in [5.74, 6) is -0.451. The Kier molecular flexibility index (Phi) is 7.03. The lowest BCUT2D eigenvalue weighted by atomic mass is 9.75. The second-order valence-corrected chi connectivity index (χ2v) is 10.1. The first-order valence-electron chi connectivity index (χ1n) is 12.7. The van der Waals surface area contributed by atoms with Crippen molar-refractivity contribution >= 4 is 11.0 Å². The van der Waals surface area contributed by atoms with Gasteiger partial charge in [-0.15, -0.1) is 0 Å². The van der Waals surface area contributed by atoms with E-state index in [4.69, 9.17) is 0 Å². The maximum atomic E-state index is 14.5. The molecule has 4 heterocycles. The van der Waals surface area contributed by atoms with Crippen LogP contribution >= 0.6 is 0 Å². The summed E-state index contributed by atoms with van der Waals surface area (Å²) in [6.07, 6.45) is 0.209. The quantitative estimate of drug-likeness (QED) is 0.220. The Morgan fingerprint density at radius 2 is 1.71 bits per heavy atom. The minimum atomic E-state index is -4.40. The number of nitrogens with zero attached hydrogens (tertiary/aromatic N) is 4. The molecule has 0 spiro atoms. The normalized spacial score (nSPS) is 18.2. The Hall–Kier alpha value is -3.62. The van der Waals surface area contributed by atoms with Gasteiger partial charge in [-0.3, -0.25) is 14.3 Å². The van der Waals surface area contributed by atoms with Crippen molar-refractivity contribution < 1.29 is 17.6 Å². The van der Waals surface area contributed by atoms with E-state index in [2.05, 4.69) is 15.0 Å². The molecule has 0 aromatic carbocycles. The fraction of sp³-hybridized carbons (Fsp3) is 0.379. The summed E-state index contributed by atoms with van der Waals surface area (Å²) >= 11 is 0. The van der Waals surface area contributed by atoms with Crippen molar-refractivity contribution in [1.29, 1.82) is 0 Å². The van der Waals surface area contributed by atoms with Crippen LogP contribution in [0, 0.1) is 19.8 Å². The Bertz CT molecular complexity index is 1520. The first-order valence-corrected chi connectivity index (χ1v) is 12.7. The highest BCUT2D eigenvalue weighted by atomic mass is 19.4. The highest BCUT2D eigenvalue weighted by Gasteiger charge is 2.31. The van der Waals surface area contributed by atoms with Crippen LogP contribution in [-0.4, -0.2) is 25.7 Å². The fourth-order valence-electron chi connectivity index (χ4n) is 5.66. The number of pyridine rings is 4. The van der Waals surface area contributed by atoms with Crippen LogP contribution in [0.4, 0.5) is 17.6 Å². The zero-order valence-corrected chi connectivity index (χ0v) is 21.2. The van der Waals surface area contributed by atoms with E-state index in [1.807, 2.05) is 31.2 Å². The van der Waals surface area contributed by atoms with Crippen LogP contribution in [0.3, 0.4) is 0 Å². The topological polar surface area (TPSA) is 60.7 Å². The molecular weight excluding hydrogens is 496 g/mol. The average Bonchev–Trinajstić information content (AvgIpc) is 2.86. The number of hydrogen-bond acceptors (Lipinski definition) is 4. The highest BCUT2D eigenvalue weighted by Crippen LogP contribution is 2.41. The largest absolute Gasteiger partial charge is 0.393 e. The molecule has 38 heavy (non-hydrogen) atoms. The second-order valence-electron chi connectivity index (χ2n) is 10.1. The Balaban J connectivity index is 1.51. The number of hydrogen-bond donors (Lipinski definition) is 0. The van der Waals surface area contributed by atoms with Crippen molar-refractivity contribution in [2.24, 2.45) is 0 Å². The summed E-state index contributed by atoms with van der Waals surface area (Å²) in [6.45, 7) is 3.58. The van der Waals surface area contributed by atoms with Crippen LogP contribution in [0.15, 0.2) is 53.6 Å². The van der Waals surface area contributed by atoms with Gasteiger partial charge in [-0.1, -0.05) is 6.07 Å². The molecule has 1 aliphatic carbocycles. The summed E-state index contributed by atoms with van der Waals surface area (Å²) in [5, 5.41) is 0.745. The number of rotatable bonds is 5. The second kappa shape index (κ2) is 10.3. The number of fused-ring (bicyclic) bond motifs is 1. The SMILES string of the molecule is Cc1ccc2cc([C@H]3CC[C@H](c4c(C)ccnc4F)CC3)c(=O)n(Cc3ncccc3CC(F)(F)F)c2n1. The summed E-state index contributed by atoms with van der Waals surface area (Å²) in [7, 11) is 0. The molecule has 198 valence electrons. The molecule has 9 heteroatoms. The lowest BCUT2D eigenvalue weighted by molar-refractivity contribution is -0.127. The number of alkyl halides is 3. The third kappa shape index (κ3) is 5.33. The van der Waals surface area contributed by atoms with Gasteiger partial charge in [0.25, 0.3) is 5.56 Å². The Morgan fingerprint density at radius 3 is 2.42 bits per heavy atom. The van der Waals surface area contributed by atoms with Gasteiger partial charge in [-0.05, 0) is 92.8 Å². The van der Waals surface area contributed by atoms with Gasteiger partial charge in [0, 0.05) is 34.6 Å². The molecule has 0 radical (unpaired) electrons. The molecule has 0 amide bonds. The molecule has 4 aromatic heterocycles.